The first-order valence-corrected chi connectivity index (χ1v) is 6.81. The van der Waals surface area contributed by atoms with E-state index in [1.165, 1.54) is 25.1 Å². The minimum absolute atomic E-state index is 0.630. The highest BCUT2D eigenvalue weighted by molar-refractivity contribution is 4.98. The van der Waals surface area contributed by atoms with Crippen LogP contribution in [0, 0.1) is 11.8 Å². The van der Waals surface area contributed by atoms with Crippen molar-refractivity contribution in [2.75, 3.05) is 13.2 Å². The molecule has 1 aromatic heterocycles. The first-order valence-electron chi connectivity index (χ1n) is 6.81. The molecule has 3 rings (SSSR count). The van der Waals surface area contributed by atoms with Crippen LogP contribution in [0.1, 0.15) is 37.8 Å². The van der Waals surface area contributed by atoms with E-state index in [0.717, 1.165) is 44.3 Å². The Kier molecular flexibility index (Phi) is 3.14. The lowest BCUT2D eigenvalue weighted by atomic mass is 9.98. The number of ether oxygens (including phenoxy) is 1. The van der Waals surface area contributed by atoms with Gasteiger partial charge in [-0.05, 0) is 31.1 Å². The molecule has 2 aliphatic heterocycles. The van der Waals surface area contributed by atoms with E-state index in [1.807, 2.05) is 0 Å². The molecule has 3 heterocycles. The minimum atomic E-state index is 0.630. The van der Waals surface area contributed by atoms with Crippen LogP contribution in [0.3, 0.4) is 0 Å². The zero-order valence-corrected chi connectivity index (χ0v) is 10.6. The Morgan fingerprint density at radius 3 is 3.18 bits per heavy atom. The molecule has 0 N–H and O–H groups in total. The Hall–Kier alpha value is -0.900. The molecular formula is C13H21N3O. The van der Waals surface area contributed by atoms with Gasteiger partial charge in [0, 0.05) is 32.6 Å². The zero-order chi connectivity index (χ0) is 11.7. The molecule has 0 spiro atoms. The molecule has 0 radical (unpaired) electrons. The average molecular weight is 235 g/mol. The van der Waals surface area contributed by atoms with Gasteiger partial charge >= 0.3 is 0 Å². The quantitative estimate of drug-likeness (QED) is 0.785. The second-order valence-corrected chi connectivity index (χ2v) is 5.55. The van der Waals surface area contributed by atoms with Gasteiger partial charge in [-0.3, -0.25) is 0 Å². The Morgan fingerprint density at radius 1 is 1.41 bits per heavy atom. The molecule has 0 bridgehead atoms. The third-order valence-electron chi connectivity index (χ3n) is 3.88. The zero-order valence-electron chi connectivity index (χ0n) is 10.6. The molecule has 4 nitrogen and oxygen atoms in total. The molecule has 2 aliphatic rings. The van der Waals surface area contributed by atoms with E-state index in [0.29, 0.717) is 5.92 Å². The van der Waals surface area contributed by atoms with Crippen molar-refractivity contribution in [3.63, 3.8) is 0 Å². The molecule has 0 aliphatic carbocycles. The summed E-state index contributed by atoms with van der Waals surface area (Å²) in [6.45, 7) is 5.17. The smallest absolute Gasteiger partial charge is 0.151 e. The lowest BCUT2D eigenvalue weighted by molar-refractivity contribution is 0.0543. The van der Waals surface area contributed by atoms with Crippen LogP contribution in [-0.2, 0) is 24.1 Å². The molecule has 2 unspecified atom stereocenters. The maximum Gasteiger partial charge on any atom is 0.151 e. The number of rotatable bonds is 2. The largest absolute Gasteiger partial charge is 0.381 e. The van der Waals surface area contributed by atoms with E-state index in [1.54, 1.807) is 0 Å². The standard InChI is InChI=1S/C13H21N3O/c1-10-4-5-16-13(7-10)14-12(15-16)8-11-3-2-6-17-9-11/h10-11H,2-9H2,1H3. The first-order chi connectivity index (χ1) is 8.31. The van der Waals surface area contributed by atoms with Gasteiger partial charge in [0.05, 0.1) is 0 Å². The number of aryl methyl sites for hydroxylation is 1. The Morgan fingerprint density at radius 2 is 2.35 bits per heavy atom. The van der Waals surface area contributed by atoms with Crippen LogP contribution < -0.4 is 0 Å². The normalized spacial score (nSPS) is 29.0. The number of fused-ring (bicyclic) bond motifs is 1. The molecule has 1 saturated heterocycles. The van der Waals surface area contributed by atoms with Gasteiger partial charge < -0.3 is 4.74 Å². The van der Waals surface area contributed by atoms with Crippen molar-refractivity contribution in [2.45, 2.75) is 45.6 Å². The van der Waals surface area contributed by atoms with E-state index in [9.17, 15) is 0 Å². The Bertz CT molecular complexity index is 382. The van der Waals surface area contributed by atoms with Crippen LogP contribution >= 0.6 is 0 Å². The van der Waals surface area contributed by atoms with Crippen LogP contribution in [0.15, 0.2) is 0 Å². The second-order valence-electron chi connectivity index (χ2n) is 5.55. The minimum Gasteiger partial charge on any atom is -0.381 e. The fourth-order valence-electron chi connectivity index (χ4n) is 2.83. The molecule has 0 saturated carbocycles. The molecule has 1 fully saturated rings. The van der Waals surface area contributed by atoms with Gasteiger partial charge in [0.2, 0.25) is 0 Å². The third-order valence-corrected chi connectivity index (χ3v) is 3.88. The van der Waals surface area contributed by atoms with Crippen LogP contribution in [0.2, 0.25) is 0 Å². The molecule has 4 heteroatoms. The molecule has 2 atom stereocenters. The SMILES string of the molecule is CC1CCn2nc(CC3CCCOC3)nc2C1. The van der Waals surface area contributed by atoms with E-state index >= 15 is 0 Å². The summed E-state index contributed by atoms with van der Waals surface area (Å²) in [5, 5.41) is 4.63. The first kappa shape index (κ1) is 11.2. The highest BCUT2D eigenvalue weighted by Gasteiger charge is 2.21. The molecule has 0 aromatic carbocycles. The predicted molar refractivity (Wildman–Crippen MR) is 64.8 cm³/mol. The second kappa shape index (κ2) is 4.77. The van der Waals surface area contributed by atoms with E-state index in [4.69, 9.17) is 9.72 Å². The summed E-state index contributed by atoms with van der Waals surface area (Å²) >= 11 is 0. The number of aromatic nitrogens is 3. The number of hydrogen-bond donors (Lipinski definition) is 0. The van der Waals surface area contributed by atoms with Crippen molar-refractivity contribution in [2.24, 2.45) is 11.8 Å². The Labute approximate surface area is 102 Å². The van der Waals surface area contributed by atoms with Crippen molar-refractivity contribution in [1.82, 2.24) is 14.8 Å². The van der Waals surface area contributed by atoms with Crippen LogP contribution in [-0.4, -0.2) is 28.0 Å². The maximum absolute atomic E-state index is 5.51. The van der Waals surface area contributed by atoms with Crippen LogP contribution in [0.5, 0.6) is 0 Å². The van der Waals surface area contributed by atoms with Crippen LogP contribution in [0.4, 0.5) is 0 Å². The van der Waals surface area contributed by atoms with Gasteiger partial charge in [-0.15, -0.1) is 0 Å². The lowest BCUT2D eigenvalue weighted by Gasteiger charge is -2.20. The van der Waals surface area contributed by atoms with Crippen LogP contribution in [0.25, 0.3) is 0 Å². The fraction of sp³-hybridized carbons (Fsp3) is 0.846. The van der Waals surface area contributed by atoms with Gasteiger partial charge in [0.25, 0.3) is 0 Å². The van der Waals surface area contributed by atoms with Gasteiger partial charge in [-0.1, -0.05) is 6.92 Å². The summed E-state index contributed by atoms with van der Waals surface area (Å²) in [5.74, 6) is 3.61. The predicted octanol–water partition coefficient (Wildman–Crippen LogP) is 1.83. The van der Waals surface area contributed by atoms with Crippen molar-refractivity contribution in [3.05, 3.63) is 11.6 Å². The molecule has 0 amide bonds. The summed E-state index contributed by atoms with van der Waals surface area (Å²) in [5.41, 5.74) is 0. The summed E-state index contributed by atoms with van der Waals surface area (Å²) in [6.07, 6.45) is 5.78. The van der Waals surface area contributed by atoms with Crippen molar-refractivity contribution in [3.8, 4) is 0 Å². The lowest BCUT2D eigenvalue weighted by Crippen LogP contribution is -2.20. The van der Waals surface area contributed by atoms with Crippen molar-refractivity contribution < 1.29 is 4.74 Å². The van der Waals surface area contributed by atoms with Crippen molar-refractivity contribution >= 4 is 0 Å². The summed E-state index contributed by atoms with van der Waals surface area (Å²) < 4.78 is 7.62. The molecule has 94 valence electrons. The summed E-state index contributed by atoms with van der Waals surface area (Å²) in [7, 11) is 0. The van der Waals surface area contributed by atoms with E-state index < -0.39 is 0 Å². The van der Waals surface area contributed by atoms with Gasteiger partial charge in [-0.2, -0.15) is 5.10 Å². The van der Waals surface area contributed by atoms with Gasteiger partial charge in [0.15, 0.2) is 5.82 Å². The molecule has 17 heavy (non-hydrogen) atoms. The summed E-state index contributed by atoms with van der Waals surface area (Å²) in [4.78, 5) is 4.69. The van der Waals surface area contributed by atoms with E-state index in [2.05, 4.69) is 16.7 Å². The number of hydrogen-bond acceptors (Lipinski definition) is 3. The summed E-state index contributed by atoms with van der Waals surface area (Å²) in [6, 6.07) is 0. The average Bonchev–Trinajstić information content (AvgIpc) is 2.71. The maximum atomic E-state index is 5.51. The fourth-order valence-corrected chi connectivity index (χ4v) is 2.83. The molecule has 1 aromatic rings. The highest BCUT2D eigenvalue weighted by atomic mass is 16.5. The monoisotopic (exact) mass is 235 g/mol. The molecular weight excluding hydrogens is 214 g/mol. The van der Waals surface area contributed by atoms with Gasteiger partial charge in [0.1, 0.15) is 5.82 Å². The number of nitrogens with zero attached hydrogens (tertiary/aromatic N) is 3. The topological polar surface area (TPSA) is 39.9 Å². The Balaban J connectivity index is 1.67. The van der Waals surface area contributed by atoms with E-state index in [-0.39, 0.29) is 0 Å². The van der Waals surface area contributed by atoms with Gasteiger partial charge in [-0.25, -0.2) is 9.67 Å². The highest BCUT2D eigenvalue weighted by Crippen LogP contribution is 2.21. The third kappa shape index (κ3) is 2.51. The van der Waals surface area contributed by atoms with Crippen molar-refractivity contribution in [1.29, 1.82) is 0 Å².